The van der Waals surface area contributed by atoms with Crippen molar-refractivity contribution in [1.29, 1.82) is 0 Å². The van der Waals surface area contributed by atoms with Gasteiger partial charge in [0.1, 0.15) is 5.75 Å². The molecule has 0 radical (unpaired) electrons. The number of alkyl halides is 3. The smallest absolute Gasteiger partial charge is 0.449 e. The van der Waals surface area contributed by atoms with E-state index in [2.05, 4.69) is 15.2 Å². The van der Waals surface area contributed by atoms with E-state index in [1.54, 1.807) is 24.1 Å². The Bertz CT molecular complexity index is 1140. The van der Waals surface area contributed by atoms with Crippen molar-refractivity contribution in [3.05, 3.63) is 59.3 Å². The second-order valence-electron chi connectivity index (χ2n) is 6.87. The Kier molecular flexibility index (Phi) is 6.86. The van der Waals surface area contributed by atoms with E-state index in [-0.39, 0.29) is 12.3 Å². The van der Waals surface area contributed by atoms with Crippen molar-refractivity contribution in [3.63, 3.8) is 0 Å². The molecule has 0 aliphatic heterocycles. The van der Waals surface area contributed by atoms with Crippen LogP contribution in [0.1, 0.15) is 19.8 Å². The van der Waals surface area contributed by atoms with E-state index in [0.717, 1.165) is 18.6 Å². The fraction of sp³-hybridized carbons (Fsp3) is 0.286. The number of carbonyl (C=O) groups excluding carboxylic acids is 1. The largest absolute Gasteiger partial charge is 0.573 e. The summed E-state index contributed by atoms with van der Waals surface area (Å²) in [6, 6.07) is 6.07. The summed E-state index contributed by atoms with van der Waals surface area (Å²) in [6.45, 7) is 2.21. The van der Waals surface area contributed by atoms with Crippen LogP contribution in [0.4, 0.5) is 23.7 Å². The standard InChI is InChI=1S/C21H21F3N4O4/c1-3-4-9-31-20(30)26-18-10-19(29)28(13-17(18)14-11-25-27(2)12-14)15-5-7-16(8-6-15)32-21(22,23)24/h5-8,10-13H,3-4,9H2,1-2H3,(H,26,30). The lowest BCUT2D eigenvalue weighted by Crippen LogP contribution is -2.21. The lowest BCUT2D eigenvalue weighted by atomic mass is 10.1. The number of aromatic nitrogens is 3. The highest BCUT2D eigenvalue weighted by Gasteiger charge is 2.31. The summed E-state index contributed by atoms with van der Waals surface area (Å²) in [5, 5.41) is 6.68. The number of anilines is 1. The third-order valence-corrected chi connectivity index (χ3v) is 4.39. The molecule has 0 saturated heterocycles. The topological polar surface area (TPSA) is 87.4 Å². The van der Waals surface area contributed by atoms with Gasteiger partial charge in [-0.1, -0.05) is 13.3 Å². The summed E-state index contributed by atoms with van der Waals surface area (Å²) in [5.74, 6) is -0.408. The maximum Gasteiger partial charge on any atom is 0.573 e. The van der Waals surface area contributed by atoms with Crippen molar-refractivity contribution in [1.82, 2.24) is 14.3 Å². The van der Waals surface area contributed by atoms with E-state index in [0.29, 0.717) is 23.2 Å². The second-order valence-corrected chi connectivity index (χ2v) is 6.87. The van der Waals surface area contributed by atoms with Crippen molar-refractivity contribution in [3.8, 4) is 22.6 Å². The predicted octanol–water partition coefficient (Wildman–Crippen LogP) is 4.49. The van der Waals surface area contributed by atoms with Crippen LogP contribution >= 0.6 is 0 Å². The Labute approximate surface area is 181 Å². The molecule has 2 aromatic heterocycles. The molecule has 3 rings (SSSR count). The minimum atomic E-state index is -4.81. The van der Waals surface area contributed by atoms with Gasteiger partial charge in [0.2, 0.25) is 0 Å². The summed E-state index contributed by atoms with van der Waals surface area (Å²) < 4.78 is 48.9. The fourth-order valence-electron chi connectivity index (χ4n) is 2.89. The highest BCUT2D eigenvalue weighted by molar-refractivity contribution is 5.91. The number of unbranched alkanes of at least 4 members (excludes halogenated alkanes) is 1. The molecule has 1 N–H and O–H groups in total. The average Bonchev–Trinajstić information content (AvgIpc) is 3.14. The van der Waals surface area contributed by atoms with E-state index in [1.807, 2.05) is 6.92 Å². The lowest BCUT2D eigenvalue weighted by Gasteiger charge is -2.14. The zero-order valence-corrected chi connectivity index (χ0v) is 17.3. The van der Waals surface area contributed by atoms with E-state index in [1.165, 1.54) is 29.0 Å². The Morgan fingerprint density at radius 3 is 2.50 bits per heavy atom. The molecular formula is C21H21F3N4O4. The highest BCUT2D eigenvalue weighted by Crippen LogP contribution is 2.28. The van der Waals surface area contributed by atoms with Gasteiger partial charge < -0.3 is 9.47 Å². The lowest BCUT2D eigenvalue weighted by molar-refractivity contribution is -0.274. The molecule has 0 atom stereocenters. The molecule has 0 saturated carbocycles. The molecular weight excluding hydrogens is 429 g/mol. The van der Waals surface area contributed by atoms with Gasteiger partial charge in [0.15, 0.2) is 0 Å². The van der Waals surface area contributed by atoms with Gasteiger partial charge in [-0.05, 0) is 30.7 Å². The van der Waals surface area contributed by atoms with Gasteiger partial charge in [-0.25, -0.2) is 4.79 Å². The van der Waals surface area contributed by atoms with Gasteiger partial charge in [-0.3, -0.25) is 19.4 Å². The van der Waals surface area contributed by atoms with Gasteiger partial charge >= 0.3 is 12.5 Å². The van der Waals surface area contributed by atoms with E-state index in [9.17, 15) is 22.8 Å². The number of hydrogen-bond donors (Lipinski definition) is 1. The number of rotatable bonds is 7. The molecule has 0 unspecified atom stereocenters. The molecule has 170 valence electrons. The normalized spacial score (nSPS) is 11.3. The number of carbonyl (C=O) groups is 1. The van der Waals surface area contributed by atoms with Gasteiger partial charge in [0.05, 0.1) is 18.5 Å². The Balaban J connectivity index is 1.96. The van der Waals surface area contributed by atoms with Crippen LogP contribution in [0.25, 0.3) is 16.8 Å². The number of pyridine rings is 1. The van der Waals surface area contributed by atoms with Crippen molar-refractivity contribution in [2.75, 3.05) is 11.9 Å². The number of halogens is 3. The molecule has 0 aliphatic rings. The quantitative estimate of drug-likeness (QED) is 0.536. The van der Waals surface area contributed by atoms with E-state index in [4.69, 9.17) is 4.74 Å². The van der Waals surface area contributed by atoms with E-state index >= 15 is 0 Å². The molecule has 1 aromatic carbocycles. The monoisotopic (exact) mass is 450 g/mol. The van der Waals surface area contributed by atoms with Gasteiger partial charge in [0, 0.05) is 42.3 Å². The number of amides is 1. The summed E-state index contributed by atoms with van der Waals surface area (Å²) >= 11 is 0. The summed E-state index contributed by atoms with van der Waals surface area (Å²) in [4.78, 5) is 24.8. The van der Waals surface area contributed by atoms with Gasteiger partial charge in [0.25, 0.3) is 5.56 Å². The summed E-state index contributed by atoms with van der Waals surface area (Å²) in [5.41, 5.74) is 1.11. The second kappa shape index (κ2) is 9.58. The Morgan fingerprint density at radius 2 is 1.91 bits per heavy atom. The van der Waals surface area contributed by atoms with Crippen molar-refractivity contribution in [2.24, 2.45) is 7.05 Å². The molecule has 3 aromatic rings. The molecule has 1 amide bonds. The van der Waals surface area contributed by atoms with Gasteiger partial charge in [-0.15, -0.1) is 13.2 Å². The molecule has 0 bridgehead atoms. The SMILES string of the molecule is CCCCOC(=O)Nc1cc(=O)n(-c2ccc(OC(F)(F)F)cc2)cc1-c1cnn(C)c1. The minimum Gasteiger partial charge on any atom is -0.449 e. The first-order valence-electron chi connectivity index (χ1n) is 9.72. The third-order valence-electron chi connectivity index (χ3n) is 4.39. The molecule has 0 spiro atoms. The Hall–Kier alpha value is -3.76. The number of hydrogen-bond acceptors (Lipinski definition) is 5. The van der Waals surface area contributed by atoms with Crippen molar-refractivity contribution >= 4 is 11.8 Å². The van der Waals surface area contributed by atoms with Crippen molar-refractivity contribution < 1.29 is 27.4 Å². The average molecular weight is 450 g/mol. The number of nitrogens with zero attached hydrogens (tertiary/aromatic N) is 3. The zero-order chi connectivity index (χ0) is 23.3. The number of benzene rings is 1. The molecule has 2 heterocycles. The first kappa shape index (κ1) is 22.9. The van der Waals surface area contributed by atoms with Crippen LogP contribution < -0.4 is 15.6 Å². The maximum absolute atomic E-state index is 12.7. The molecule has 11 heteroatoms. The van der Waals surface area contributed by atoms with Crippen LogP contribution in [-0.2, 0) is 11.8 Å². The van der Waals surface area contributed by atoms with Crippen molar-refractivity contribution in [2.45, 2.75) is 26.1 Å². The van der Waals surface area contributed by atoms with Crippen LogP contribution in [0.5, 0.6) is 5.75 Å². The van der Waals surface area contributed by atoms with Crippen LogP contribution in [0.15, 0.2) is 53.7 Å². The molecule has 0 fully saturated rings. The molecule has 32 heavy (non-hydrogen) atoms. The number of ether oxygens (including phenoxy) is 2. The number of nitrogens with one attached hydrogen (secondary N) is 1. The number of aryl methyl sites for hydroxylation is 1. The molecule has 8 nitrogen and oxygen atoms in total. The summed E-state index contributed by atoms with van der Waals surface area (Å²) in [7, 11) is 1.71. The van der Waals surface area contributed by atoms with Crippen LogP contribution in [0, 0.1) is 0 Å². The van der Waals surface area contributed by atoms with E-state index < -0.39 is 23.8 Å². The first-order valence-corrected chi connectivity index (χ1v) is 9.72. The molecule has 0 aliphatic carbocycles. The third kappa shape index (κ3) is 5.90. The first-order chi connectivity index (χ1) is 15.2. The van der Waals surface area contributed by atoms with Crippen LogP contribution in [0.2, 0.25) is 0 Å². The Morgan fingerprint density at radius 1 is 1.19 bits per heavy atom. The minimum absolute atomic E-state index is 0.220. The van der Waals surface area contributed by atoms with Crippen LogP contribution in [0.3, 0.4) is 0 Å². The predicted molar refractivity (Wildman–Crippen MR) is 111 cm³/mol. The summed E-state index contributed by atoms with van der Waals surface area (Å²) in [6.07, 6.45) is 0.770. The zero-order valence-electron chi connectivity index (χ0n) is 17.3. The maximum atomic E-state index is 12.7. The fourth-order valence-corrected chi connectivity index (χ4v) is 2.89. The highest BCUT2D eigenvalue weighted by atomic mass is 19.4. The van der Waals surface area contributed by atoms with Crippen LogP contribution in [-0.4, -0.2) is 33.4 Å². The van der Waals surface area contributed by atoms with Gasteiger partial charge in [-0.2, -0.15) is 5.10 Å².